The molecule has 35 heavy (non-hydrogen) atoms. The van der Waals surface area contributed by atoms with Gasteiger partial charge in [-0.3, -0.25) is 14.8 Å². The average Bonchev–Trinajstić information content (AvgIpc) is 3.32. The fourth-order valence-electron chi connectivity index (χ4n) is 3.93. The molecule has 2 unspecified atom stereocenters. The average molecular weight is 482 g/mol. The molecule has 2 aromatic heterocycles. The van der Waals surface area contributed by atoms with Gasteiger partial charge in [0.05, 0.1) is 26.6 Å². The van der Waals surface area contributed by atoms with Gasteiger partial charge in [-0.2, -0.15) is 0 Å². The summed E-state index contributed by atoms with van der Waals surface area (Å²) in [7, 11) is 5.31. The third-order valence-corrected chi connectivity index (χ3v) is 6.16. The molecule has 4 rings (SSSR count). The number of carbonyl (C=O) groups is 1. The molecule has 1 amide bonds. The van der Waals surface area contributed by atoms with Crippen molar-refractivity contribution in [3.05, 3.63) is 47.9 Å². The minimum absolute atomic E-state index is 0.213. The van der Waals surface area contributed by atoms with Crippen molar-refractivity contribution in [1.82, 2.24) is 25.1 Å². The van der Waals surface area contributed by atoms with Crippen LogP contribution in [0, 0.1) is 0 Å². The molecule has 2 N–H and O–H groups in total. The maximum atomic E-state index is 12.6. The maximum Gasteiger partial charge on any atom is 0.277 e. The number of hydrogen-bond acceptors (Lipinski definition) is 9. The van der Waals surface area contributed by atoms with Gasteiger partial charge in [0.2, 0.25) is 5.88 Å². The van der Waals surface area contributed by atoms with E-state index in [4.69, 9.17) is 14.2 Å². The summed E-state index contributed by atoms with van der Waals surface area (Å²) in [4.78, 5) is 26.0. The monoisotopic (exact) mass is 481 g/mol. The first kappa shape index (κ1) is 24.3. The van der Waals surface area contributed by atoms with Crippen molar-refractivity contribution >= 4 is 17.5 Å². The fourth-order valence-corrected chi connectivity index (χ4v) is 3.93. The van der Waals surface area contributed by atoms with Crippen LogP contribution in [-0.4, -0.2) is 77.4 Å². The first-order valence-electron chi connectivity index (χ1n) is 11.4. The quantitative estimate of drug-likeness (QED) is 0.500. The number of rotatable bonds is 8. The molecule has 186 valence electrons. The van der Waals surface area contributed by atoms with Crippen molar-refractivity contribution in [3.8, 4) is 17.4 Å². The highest BCUT2D eigenvalue weighted by molar-refractivity contribution is 6.02. The second-order valence-corrected chi connectivity index (χ2v) is 8.61. The number of ether oxygens (including phenoxy) is 3. The summed E-state index contributed by atoms with van der Waals surface area (Å²) in [5.41, 5.74) is 1.07. The molecule has 1 aliphatic rings. The standard InChI is InChI=1S/C24H31N7O4/c1-15-12-31(13-16(2)30(15)3)22-11-25-20(10-26-22)24(32)27-21-9-23(29-28-21)35-14-17-6-18(33-4)8-19(7-17)34-5/h6-11,15-16H,12-14H2,1-5H3,(H2,27,28,29,32). The van der Waals surface area contributed by atoms with E-state index in [2.05, 4.69) is 56.2 Å². The van der Waals surface area contributed by atoms with Crippen LogP contribution in [0.3, 0.4) is 0 Å². The summed E-state index contributed by atoms with van der Waals surface area (Å²) >= 11 is 0. The summed E-state index contributed by atoms with van der Waals surface area (Å²) < 4.78 is 16.3. The van der Waals surface area contributed by atoms with Crippen molar-refractivity contribution in [2.75, 3.05) is 44.6 Å². The molecule has 0 saturated carbocycles. The van der Waals surface area contributed by atoms with E-state index in [9.17, 15) is 4.79 Å². The molecule has 1 fully saturated rings. The van der Waals surface area contributed by atoms with Gasteiger partial charge in [0, 0.05) is 37.3 Å². The number of nitrogens with one attached hydrogen (secondary N) is 2. The van der Waals surface area contributed by atoms with Gasteiger partial charge in [-0.1, -0.05) is 0 Å². The first-order chi connectivity index (χ1) is 16.9. The van der Waals surface area contributed by atoms with Crippen molar-refractivity contribution in [2.24, 2.45) is 0 Å². The number of aromatic amines is 1. The van der Waals surface area contributed by atoms with Crippen LogP contribution in [0.15, 0.2) is 36.7 Å². The van der Waals surface area contributed by atoms with Crippen LogP contribution < -0.4 is 24.4 Å². The molecule has 1 aromatic carbocycles. The number of amides is 1. The number of H-pyrrole nitrogens is 1. The summed E-state index contributed by atoms with van der Waals surface area (Å²) in [5.74, 6) is 2.43. The fraction of sp³-hybridized carbons (Fsp3) is 0.417. The van der Waals surface area contributed by atoms with Crippen LogP contribution in [0.5, 0.6) is 17.4 Å². The summed E-state index contributed by atoms with van der Waals surface area (Å²) in [5, 5.41) is 9.57. The molecule has 2 atom stereocenters. The Balaban J connectivity index is 1.33. The van der Waals surface area contributed by atoms with Crippen LogP contribution in [0.2, 0.25) is 0 Å². The Morgan fingerprint density at radius 2 is 1.74 bits per heavy atom. The molecule has 3 heterocycles. The minimum Gasteiger partial charge on any atom is -0.497 e. The highest BCUT2D eigenvalue weighted by Gasteiger charge is 2.27. The molecule has 11 heteroatoms. The lowest BCUT2D eigenvalue weighted by molar-refractivity contribution is 0.102. The summed E-state index contributed by atoms with van der Waals surface area (Å²) in [6, 6.07) is 7.91. The van der Waals surface area contributed by atoms with E-state index in [0.29, 0.717) is 35.3 Å². The van der Waals surface area contributed by atoms with Gasteiger partial charge < -0.3 is 24.4 Å². The largest absolute Gasteiger partial charge is 0.497 e. The van der Waals surface area contributed by atoms with E-state index < -0.39 is 5.91 Å². The predicted octanol–water partition coefficient (Wildman–Crippen LogP) is 2.58. The zero-order valence-corrected chi connectivity index (χ0v) is 20.6. The first-order valence-corrected chi connectivity index (χ1v) is 11.4. The normalized spacial score (nSPS) is 18.3. The molecule has 1 saturated heterocycles. The van der Waals surface area contributed by atoms with Crippen molar-refractivity contribution in [2.45, 2.75) is 32.5 Å². The number of piperazine rings is 1. The van der Waals surface area contributed by atoms with Gasteiger partial charge >= 0.3 is 0 Å². The number of aromatic nitrogens is 4. The molecule has 0 bridgehead atoms. The Morgan fingerprint density at radius 1 is 1.06 bits per heavy atom. The number of carbonyl (C=O) groups excluding carboxylic acids is 1. The highest BCUT2D eigenvalue weighted by atomic mass is 16.5. The zero-order chi connectivity index (χ0) is 24.9. The topological polar surface area (TPSA) is 118 Å². The molecule has 11 nitrogen and oxygen atoms in total. The molecule has 0 aliphatic carbocycles. The predicted molar refractivity (Wildman–Crippen MR) is 131 cm³/mol. The number of methoxy groups -OCH3 is 2. The van der Waals surface area contributed by atoms with Crippen LogP contribution in [0.25, 0.3) is 0 Å². The van der Waals surface area contributed by atoms with Gasteiger partial charge in [-0.05, 0) is 38.6 Å². The van der Waals surface area contributed by atoms with Crippen LogP contribution in [0.1, 0.15) is 29.9 Å². The number of anilines is 2. The Kier molecular flexibility index (Phi) is 7.35. The van der Waals surface area contributed by atoms with Crippen molar-refractivity contribution in [1.29, 1.82) is 0 Å². The Labute approximate surface area is 204 Å². The Bertz CT molecular complexity index is 1120. The lowest BCUT2D eigenvalue weighted by atomic mass is 10.1. The zero-order valence-electron chi connectivity index (χ0n) is 20.6. The van der Waals surface area contributed by atoms with E-state index in [1.807, 2.05) is 12.1 Å². The molecule has 0 spiro atoms. The Morgan fingerprint density at radius 3 is 2.34 bits per heavy atom. The molecular formula is C24H31N7O4. The SMILES string of the molecule is COc1cc(COc2cc(NC(=O)c3cnc(N4CC(C)N(C)C(C)C4)cn3)[nH]n2)cc(OC)c1. The van der Waals surface area contributed by atoms with E-state index in [0.717, 1.165) is 24.5 Å². The molecular weight excluding hydrogens is 450 g/mol. The lowest BCUT2D eigenvalue weighted by Crippen LogP contribution is -2.55. The summed E-state index contributed by atoms with van der Waals surface area (Å²) in [6.07, 6.45) is 3.13. The summed E-state index contributed by atoms with van der Waals surface area (Å²) in [6.45, 7) is 6.35. The van der Waals surface area contributed by atoms with Crippen molar-refractivity contribution < 1.29 is 19.0 Å². The number of likely N-dealkylation sites (N-methyl/N-ethyl adjacent to an activating group) is 1. The van der Waals surface area contributed by atoms with Crippen LogP contribution >= 0.6 is 0 Å². The third kappa shape index (κ3) is 5.80. The van der Waals surface area contributed by atoms with E-state index in [1.54, 1.807) is 32.5 Å². The minimum atomic E-state index is -0.392. The second-order valence-electron chi connectivity index (χ2n) is 8.61. The van der Waals surface area contributed by atoms with E-state index >= 15 is 0 Å². The van der Waals surface area contributed by atoms with Crippen LogP contribution in [-0.2, 0) is 6.61 Å². The number of hydrogen-bond donors (Lipinski definition) is 2. The van der Waals surface area contributed by atoms with E-state index in [-0.39, 0.29) is 12.3 Å². The van der Waals surface area contributed by atoms with Gasteiger partial charge in [0.25, 0.3) is 5.91 Å². The molecule has 0 radical (unpaired) electrons. The van der Waals surface area contributed by atoms with Crippen molar-refractivity contribution in [3.63, 3.8) is 0 Å². The molecule has 1 aliphatic heterocycles. The number of nitrogens with zero attached hydrogens (tertiary/aromatic N) is 5. The van der Waals surface area contributed by atoms with Gasteiger partial charge in [-0.25, -0.2) is 9.97 Å². The van der Waals surface area contributed by atoms with Gasteiger partial charge in [-0.15, -0.1) is 5.10 Å². The number of benzene rings is 1. The Hall–Kier alpha value is -3.86. The maximum absolute atomic E-state index is 12.6. The second kappa shape index (κ2) is 10.6. The van der Waals surface area contributed by atoms with Crippen LogP contribution in [0.4, 0.5) is 11.6 Å². The molecule has 3 aromatic rings. The van der Waals surface area contributed by atoms with Gasteiger partial charge in [0.15, 0.2) is 0 Å². The smallest absolute Gasteiger partial charge is 0.277 e. The lowest BCUT2D eigenvalue weighted by Gasteiger charge is -2.42. The van der Waals surface area contributed by atoms with E-state index in [1.165, 1.54) is 6.20 Å². The highest BCUT2D eigenvalue weighted by Crippen LogP contribution is 2.24. The van der Waals surface area contributed by atoms with Gasteiger partial charge in [0.1, 0.15) is 35.4 Å². The third-order valence-electron chi connectivity index (χ3n) is 6.16.